The third-order valence-corrected chi connectivity index (χ3v) is 29.5. The minimum atomic E-state index is 0.561. The first-order valence-electron chi connectivity index (χ1n) is 50.5. The average molecular weight is 1920 g/mol. The lowest BCUT2D eigenvalue weighted by Gasteiger charge is -2.25. The topological polar surface area (TPSA) is 124 Å². The van der Waals surface area contributed by atoms with Crippen molar-refractivity contribution in [3.05, 3.63) is 522 Å². The molecule has 14 nitrogen and oxygen atoms in total. The van der Waals surface area contributed by atoms with Crippen LogP contribution in [-0.4, -0.2) is 52.7 Å². The molecule has 11 heterocycles. The largest absolute Gasteiger partial charge is 0.456 e. The van der Waals surface area contributed by atoms with Crippen LogP contribution in [-0.2, 0) is 0 Å². The number of aromatic nitrogens is 11. The van der Waals surface area contributed by atoms with Gasteiger partial charge in [0.1, 0.15) is 11.5 Å². The third kappa shape index (κ3) is 14.5. The van der Waals surface area contributed by atoms with Gasteiger partial charge in [-0.05, 0) is 196 Å². The number of rotatable bonds is 11. The molecule has 14 heteroatoms. The van der Waals surface area contributed by atoms with E-state index >= 15 is 0 Å². The molecule has 0 radical (unpaired) electrons. The predicted octanol–water partition coefficient (Wildman–Crippen LogP) is 34.9. The number of benzene rings is 20. The van der Waals surface area contributed by atoms with Gasteiger partial charge in [0.25, 0.3) is 0 Å². The molecule has 150 heavy (non-hydrogen) atoms. The molecule has 0 atom stereocenters. The Bertz CT molecular complexity index is 10200. The van der Waals surface area contributed by atoms with E-state index in [0.29, 0.717) is 23.5 Å². The summed E-state index contributed by atoms with van der Waals surface area (Å²) < 4.78 is 25.1. The minimum Gasteiger partial charge on any atom is -0.456 e. The number of para-hydroxylation sites is 7. The molecular weight excluding hydrogens is 1830 g/mol. The van der Waals surface area contributed by atoms with Gasteiger partial charge < -0.3 is 27.7 Å². The number of hydrogen-bond donors (Lipinski definition) is 0. The molecule has 0 spiro atoms. The predicted molar refractivity (Wildman–Crippen MR) is 611 cm³/mol. The van der Waals surface area contributed by atoms with E-state index in [1.807, 2.05) is 116 Å². The van der Waals surface area contributed by atoms with Gasteiger partial charge in [0.2, 0.25) is 11.9 Å². The van der Waals surface area contributed by atoms with Gasteiger partial charge in [0.05, 0.1) is 73.1 Å². The van der Waals surface area contributed by atoms with Crippen LogP contribution in [0, 0.1) is 0 Å². The van der Waals surface area contributed by atoms with Crippen molar-refractivity contribution in [3.8, 4) is 175 Å². The van der Waals surface area contributed by atoms with Crippen LogP contribution < -0.4 is 14.4 Å². The highest BCUT2D eigenvalue weighted by Crippen LogP contribution is 2.57. The molecule has 8 aromatic heterocycles. The average Bonchev–Trinajstić information content (AvgIpc) is 1.56. The fourth-order valence-electron chi connectivity index (χ4n) is 22.7. The van der Waals surface area contributed by atoms with E-state index in [0.717, 1.165) is 173 Å². The molecule has 0 unspecified atom stereocenters. The van der Waals surface area contributed by atoms with Crippen LogP contribution in [0.1, 0.15) is 0 Å². The highest BCUT2D eigenvalue weighted by molar-refractivity contribution is 6.18. The Labute approximate surface area is 862 Å². The number of anilines is 3. The van der Waals surface area contributed by atoms with Gasteiger partial charge >= 0.3 is 0 Å². The van der Waals surface area contributed by atoms with Crippen molar-refractivity contribution in [2.45, 2.75) is 0 Å². The summed E-state index contributed by atoms with van der Waals surface area (Å²) in [6.07, 6.45) is 7.66. The van der Waals surface area contributed by atoms with E-state index in [1.54, 1.807) is 0 Å². The molecule has 3 aliphatic rings. The highest BCUT2D eigenvalue weighted by atomic mass is 16.5. The van der Waals surface area contributed by atoms with Crippen molar-refractivity contribution in [2.75, 3.05) is 4.90 Å². The Balaban J connectivity index is 0.000000106. The standard InChI is InChI=1S/C48H32N4.C46H28N6O.C42H26N2O/c1-3-11-33(12-4-1)34-19-21-35(22-20-34)36-23-25-39(26-24-36)51-30-28-38-31-47-43(32-46(38)51)41-16-8-7-15-40(41)42-17-9-10-18-45(42)52(47)48-49-29-27-44(50-48)37-13-5-2-6-14-37;1-3-13-29(14-4-1)44-48-45(30-15-5-2-6-16-30)50-46(49-44)52-38-21-11-9-18-33(38)37-27-31(23-24-40(37)52)51-39-22-12-10-20-36(39)43-42(51)35-19-8-7-17-32(35)34-25-26-47-28-41(34)53-43;1-2-12-27(13-3-1)43-36-19-9-7-16-31(36)35-26-28(22-24-38(35)43)44-37-20-10-6-15-30(37)34-23-25-40-41(42(34)44)33-18-5-4-14-29(33)32-17-8-11-21-39(32)45-40/h1-32H;1-28H;1-26H. The second kappa shape index (κ2) is 35.8. The molecular formula is C136H86N12O2. The molecule has 28 aromatic rings. The fourth-order valence-corrected chi connectivity index (χ4v) is 22.7. The summed E-state index contributed by atoms with van der Waals surface area (Å²) in [5, 5.41) is 9.25. The Morgan fingerprint density at radius 2 is 0.680 bits per heavy atom. The van der Waals surface area contributed by atoms with Gasteiger partial charge in [0, 0.05) is 135 Å². The van der Waals surface area contributed by atoms with Crippen molar-refractivity contribution in [1.82, 2.24) is 52.7 Å². The first-order chi connectivity index (χ1) is 74.4. The lowest BCUT2D eigenvalue weighted by Crippen LogP contribution is -2.14. The van der Waals surface area contributed by atoms with Crippen molar-refractivity contribution in [2.24, 2.45) is 0 Å². The Morgan fingerprint density at radius 3 is 1.32 bits per heavy atom. The zero-order chi connectivity index (χ0) is 98.8. The van der Waals surface area contributed by atoms with Crippen LogP contribution in [0.5, 0.6) is 23.0 Å². The summed E-state index contributed by atoms with van der Waals surface area (Å²) >= 11 is 0. The summed E-state index contributed by atoms with van der Waals surface area (Å²) in [6.45, 7) is 0. The normalized spacial score (nSPS) is 12.0. The molecule has 0 aliphatic carbocycles. The van der Waals surface area contributed by atoms with Crippen LogP contribution in [0.4, 0.5) is 17.3 Å². The van der Waals surface area contributed by atoms with Gasteiger partial charge in [-0.15, -0.1) is 0 Å². The van der Waals surface area contributed by atoms with Crippen molar-refractivity contribution < 1.29 is 9.47 Å². The molecule has 31 rings (SSSR count). The van der Waals surface area contributed by atoms with Gasteiger partial charge in [0.15, 0.2) is 23.1 Å². The quantitative estimate of drug-likeness (QED) is 0.124. The minimum absolute atomic E-state index is 0.561. The molecule has 0 amide bonds. The van der Waals surface area contributed by atoms with E-state index in [1.165, 1.54) is 82.6 Å². The fraction of sp³-hybridized carbons (Fsp3) is 0. The van der Waals surface area contributed by atoms with Crippen LogP contribution in [0.25, 0.3) is 239 Å². The molecule has 20 aromatic carbocycles. The summed E-state index contributed by atoms with van der Waals surface area (Å²) in [5.41, 5.74) is 37.5. The van der Waals surface area contributed by atoms with Crippen molar-refractivity contribution >= 4 is 105 Å². The molecule has 702 valence electrons. The van der Waals surface area contributed by atoms with Crippen LogP contribution >= 0.6 is 0 Å². The molecule has 3 aliphatic heterocycles. The van der Waals surface area contributed by atoms with E-state index in [2.05, 4.69) is 439 Å². The summed E-state index contributed by atoms with van der Waals surface area (Å²) in [5.74, 6) is 5.73. The monoisotopic (exact) mass is 1920 g/mol. The Kier molecular flexibility index (Phi) is 20.6. The smallest absolute Gasteiger partial charge is 0.238 e. The van der Waals surface area contributed by atoms with E-state index < -0.39 is 0 Å². The number of ether oxygens (including phenoxy) is 2. The van der Waals surface area contributed by atoms with Crippen LogP contribution in [0.2, 0.25) is 0 Å². The maximum atomic E-state index is 6.81. The Morgan fingerprint density at radius 1 is 0.220 bits per heavy atom. The third-order valence-electron chi connectivity index (χ3n) is 29.5. The zero-order valence-electron chi connectivity index (χ0n) is 80.8. The molecule has 0 N–H and O–H groups in total. The first kappa shape index (κ1) is 86.2. The van der Waals surface area contributed by atoms with E-state index in [4.69, 9.17) is 34.4 Å². The van der Waals surface area contributed by atoms with E-state index in [-0.39, 0.29) is 0 Å². The number of fused-ring (bicyclic) bond motifs is 28. The van der Waals surface area contributed by atoms with E-state index in [9.17, 15) is 0 Å². The summed E-state index contributed by atoms with van der Waals surface area (Å²) in [6, 6.07) is 175. The van der Waals surface area contributed by atoms with Gasteiger partial charge in [-0.1, -0.05) is 352 Å². The number of hydrogen-bond acceptors (Lipinski definition) is 9. The number of nitrogens with zero attached hydrogens (tertiary/aromatic N) is 12. The molecule has 0 fully saturated rings. The molecule has 0 saturated heterocycles. The second-order valence-corrected chi connectivity index (χ2v) is 37.9. The zero-order valence-corrected chi connectivity index (χ0v) is 80.8. The highest BCUT2D eigenvalue weighted by Gasteiger charge is 2.34. The Hall–Kier alpha value is -20.5. The van der Waals surface area contributed by atoms with Crippen molar-refractivity contribution in [1.29, 1.82) is 0 Å². The van der Waals surface area contributed by atoms with Crippen LogP contribution in [0.15, 0.2) is 522 Å². The second-order valence-electron chi connectivity index (χ2n) is 37.9. The maximum absolute atomic E-state index is 6.81. The van der Waals surface area contributed by atoms with Gasteiger partial charge in [-0.2, -0.15) is 9.97 Å². The lowest BCUT2D eigenvalue weighted by atomic mass is 9.93. The summed E-state index contributed by atoms with van der Waals surface area (Å²) in [7, 11) is 0. The number of pyridine rings is 1. The van der Waals surface area contributed by atoms with Crippen LogP contribution in [0.3, 0.4) is 0 Å². The molecule has 0 saturated carbocycles. The molecule has 0 bridgehead atoms. The lowest BCUT2D eigenvalue weighted by molar-refractivity contribution is 0.488. The van der Waals surface area contributed by atoms with Crippen molar-refractivity contribution in [3.63, 3.8) is 0 Å². The SMILES string of the molecule is c1ccc(-c2ccc(-c3ccc(-n4ccc5cc6c(cc54)-c4ccccc4-c4ccccc4N6c4nccc(-c5ccccc5)n4)cc3)cc2)cc1.c1ccc(-c2nc(-c3ccccc3)nc(-n3c4ccccc4c4cc(-n5c6c(c7ccccc75)Oc5cnccc5-c5ccccc5-6)ccc43)n2)cc1.c1ccc(-n2c3ccccc3c3cc(-n4c5ccccc5c5ccc6c(c54)-c4ccccc4-c4ccccc4O6)ccc32)cc1. The van der Waals surface area contributed by atoms with Gasteiger partial charge in [-0.25, -0.2) is 15.0 Å². The van der Waals surface area contributed by atoms with Gasteiger partial charge in [-0.3, -0.25) is 14.5 Å². The maximum Gasteiger partial charge on any atom is 0.238 e. The first-order valence-corrected chi connectivity index (χ1v) is 50.5. The summed E-state index contributed by atoms with van der Waals surface area (Å²) in [4.78, 5) is 31.9.